The number of halogens is 7. The highest BCUT2D eigenvalue weighted by molar-refractivity contribution is 5.63. The van der Waals surface area contributed by atoms with Gasteiger partial charge in [0.15, 0.2) is 5.60 Å². The van der Waals surface area contributed by atoms with Crippen LogP contribution >= 0.6 is 0 Å². The monoisotopic (exact) mass is 517 g/mol. The van der Waals surface area contributed by atoms with Gasteiger partial charge in [-0.15, -0.1) is 13.2 Å². The number of alkyl halides is 5. The van der Waals surface area contributed by atoms with E-state index in [2.05, 4.69) is 14.8 Å². The fraction of sp³-hybridized carbons (Fsp3) is 0.182. The molecule has 0 bridgehead atoms. The number of nitrogens with zero attached hydrogens (tertiary/aromatic N) is 3. The van der Waals surface area contributed by atoms with Crippen LogP contribution in [0.25, 0.3) is 11.1 Å². The van der Waals surface area contributed by atoms with E-state index in [1.54, 1.807) is 0 Å². The SMILES string of the molecule is NN=CN(N)CC(O)(c1ccc(F)cc1F)C(F)(F)c1ccc(-c2ccc(OC(F)(F)F)cc2)cn1. The van der Waals surface area contributed by atoms with Crippen molar-refractivity contribution in [3.05, 3.63) is 83.7 Å². The van der Waals surface area contributed by atoms with Gasteiger partial charge in [0.1, 0.15) is 29.4 Å². The highest BCUT2D eigenvalue weighted by Crippen LogP contribution is 2.46. The van der Waals surface area contributed by atoms with Crippen LogP contribution in [0.2, 0.25) is 0 Å². The Morgan fingerprint density at radius 3 is 2.14 bits per heavy atom. The molecule has 14 heteroatoms. The van der Waals surface area contributed by atoms with Crippen LogP contribution in [-0.4, -0.2) is 34.3 Å². The molecule has 0 spiro atoms. The van der Waals surface area contributed by atoms with Crippen molar-refractivity contribution in [2.75, 3.05) is 6.54 Å². The van der Waals surface area contributed by atoms with E-state index < -0.39 is 53.1 Å². The first-order valence-electron chi connectivity index (χ1n) is 9.90. The summed E-state index contributed by atoms with van der Waals surface area (Å²) in [6.07, 6.45) is -3.21. The molecule has 36 heavy (non-hydrogen) atoms. The van der Waals surface area contributed by atoms with Crippen molar-refractivity contribution in [1.29, 1.82) is 0 Å². The fourth-order valence-corrected chi connectivity index (χ4v) is 3.38. The van der Waals surface area contributed by atoms with E-state index in [9.17, 15) is 27.1 Å². The number of aliphatic hydroxyl groups is 1. The van der Waals surface area contributed by atoms with Gasteiger partial charge < -0.3 is 15.7 Å². The molecule has 5 N–H and O–H groups in total. The Bertz CT molecular complexity index is 1220. The Morgan fingerprint density at radius 1 is 0.972 bits per heavy atom. The zero-order valence-electron chi connectivity index (χ0n) is 18.1. The van der Waals surface area contributed by atoms with Crippen LogP contribution in [0.1, 0.15) is 11.3 Å². The summed E-state index contributed by atoms with van der Waals surface area (Å²) in [4.78, 5) is 3.67. The lowest BCUT2D eigenvalue weighted by Gasteiger charge is -2.37. The summed E-state index contributed by atoms with van der Waals surface area (Å²) in [7, 11) is 0. The van der Waals surface area contributed by atoms with E-state index >= 15 is 8.78 Å². The Balaban J connectivity index is 1.98. The van der Waals surface area contributed by atoms with Gasteiger partial charge in [0.25, 0.3) is 0 Å². The van der Waals surface area contributed by atoms with Crippen molar-refractivity contribution in [2.45, 2.75) is 17.9 Å². The van der Waals surface area contributed by atoms with Crippen LogP contribution in [-0.2, 0) is 11.5 Å². The van der Waals surface area contributed by atoms with Gasteiger partial charge in [0, 0.05) is 23.4 Å². The number of pyridine rings is 1. The van der Waals surface area contributed by atoms with E-state index in [-0.39, 0.29) is 5.56 Å². The maximum atomic E-state index is 15.7. The minimum atomic E-state index is -4.88. The highest BCUT2D eigenvalue weighted by Gasteiger charge is 2.58. The second kappa shape index (κ2) is 9.99. The van der Waals surface area contributed by atoms with Crippen molar-refractivity contribution in [3.8, 4) is 16.9 Å². The van der Waals surface area contributed by atoms with Gasteiger partial charge in [-0.3, -0.25) is 9.99 Å². The molecule has 1 atom stereocenters. The third-order valence-corrected chi connectivity index (χ3v) is 5.03. The van der Waals surface area contributed by atoms with Gasteiger partial charge in [-0.05, 0) is 35.9 Å². The molecule has 3 aromatic rings. The summed E-state index contributed by atoms with van der Waals surface area (Å²) in [6.45, 7) is -1.13. The number of hydrogen-bond donors (Lipinski definition) is 3. The topological polar surface area (TPSA) is 110 Å². The molecule has 1 heterocycles. The molecule has 0 saturated heterocycles. The highest BCUT2D eigenvalue weighted by atomic mass is 19.4. The Hall–Kier alpha value is -3.91. The van der Waals surface area contributed by atoms with Gasteiger partial charge in [-0.1, -0.05) is 18.2 Å². The summed E-state index contributed by atoms with van der Waals surface area (Å²) < 4.78 is 99.9. The second-order valence-electron chi connectivity index (χ2n) is 7.50. The average molecular weight is 517 g/mol. The molecule has 7 nitrogen and oxygen atoms in total. The number of aromatic nitrogens is 1. The largest absolute Gasteiger partial charge is 0.573 e. The Kier molecular flexibility index (Phi) is 7.40. The predicted octanol–water partition coefficient (Wildman–Crippen LogP) is 3.98. The molecule has 1 aromatic heterocycles. The van der Waals surface area contributed by atoms with E-state index in [0.717, 1.165) is 24.4 Å². The lowest BCUT2D eigenvalue weighted by molar-refractivity contribution is -0.274. The molecular weight excluding hydrogens is 499 g/mol. The smallest absolute Gasteiger partial charge is 0.406 e. The van der Waals surface area contributed by atoms with Crippen LogP contribution in [0.4, 0.5) is 30.7 Å². The lowest BCUT2D eigenvalue weighted by Crippen LogP contribution is -2.53. The molecule has 0 saturated carbocycles. The molecular formula is C22H18F7N5O2. The third-order valence-electron chi connectivity index (χ3n) is 5.03. The number of ether oxygens (including phenoxy) is 1. The zero-order valence-corrected chi connectivity index (χ0v) is 18.1. The summed E-state index contributed by atoms with van der Waals surface area (Å²) in [5, 5.41) is 14.6. The molecule has 1 unspecified atom stereocenters. The molecule has 192 valence electrons. The number of nitrogens with two attached hydrogens (primary N) is 2. The fourth-order valence-electron chi connectivity index (χ4n) is 3.38. The first-order valence-corrected chi connectivity index (χ1v) is 9.90. The standard InChI is InChI=1S/C22H18F7N5O2/c23-15-4-7-17(18(24)9-15)20(35,11-34(31)12-33-30)21(25,26)19-8-3-14(10-32-19)13-1-5-16(6-2-13)36-22(27,28)29/h1-10,12,35H,11,30-31H2. The van der Waals surface area contributed by atoms with Gasteiger partial charge >= 0.3 is 12.3 Å². The van der Waals surface area contributed by atoms with Crippen molar-refractivity contribution in [3.63, 3.8) is 0 Å². The van der Waals surface area contributed by atoms with Crippen LogP contribution < -0.4 is 16.4 Å². The number of hydrazine groups is 1. The average Bonchev–Trinajstić information content (AvgIpc) is 2.78. The number of hydrazone groups is 1. The summed E-state index contributed by atoms with van der Waals surface area (Å²) in [5.41, 5.74) is -4.79. The molecule has 0 aliphatic carbocycles. The quantitative estimate of drug-likeness (QED) is 0.137. The normalized spacial score (nSPS) is 14.0. The molecule has 0 aliphatic rings. The second-order valence-corrected chi connectivity index (χ2v) is 7.50. The molecule has 2 aromatic carbocycles. The van der Waals surface area contributed by atoms with Gasteiger partial charge in [0.2, 0.25) is 0 Å². The molecule has 0 fully saturated rings. The summed E-state index contributed by atoms with van der Waals surface area (Å²) in [5.74, 6) is 3.16. The Labute approximate surface area is 199 Å². The number of hydrogen-bond acceptors (Lipinski definition) is 6. The van der Waals surface area contributed by atoms with Gasteiger partial charge in [-0.2, -0.15) is 13.9 Å². The first kappa shape index (κ1) is 26.7. The van der Waals surface area contributed by atoms with E-state index in [1.165, 1.54) is 18.2 Å². The van der Waals surface area contributed by atoms with Crippen molar-refractivity contribution < 1.29 is 40.6 Å². The minimum absolute atomic E-state index is 0.236. The van der Waals surface area contributed by atoms with Crippen LogP contribution in [0.3, 0.4) is 0 Å². The maximum Gasteiger partial charge on any atom is 0.573 e. The lowest BCUT2D eigenvalue weighted by atomic mass is 9.84. The molecule has 0 aliphatic heterocycles. The first-order chi connectivity index (χ1) is 16.8. The van der Waals surface area contributed by atoms with E-state index in [1.807, 2.05) is 0 Å². The molecule has 3 rings (SSSR count). The minimum Gasteiger partial charge on any atom is -0.406 e. The van der Waals surface area contributed by atoms with E-state index in [4.69, 9.17) is 11.7 Å². The van der Waals surface area contributed by atoms with Crippen LogP contribution in [0.5, 0.6) is 5.75 Å². The maximum absolute atomic E-state index is 15.7. The third kappa shape index (κ3) is 5.66. The van der Waals surface area contributed by atoms with Crippen molar-refractivity contribution in [1.82, 2.24) is 9.99 Å². The van der Waals surface area contributed by atoms with Crippen LogP contribution in [0.15, 0.2) is 65.9 Å². The zero-order chi connectivity index (χ0) is 26.7. The van der Waals surface area contributed by atoms with Gasteiger partial charge in [0.05, 0.1) is 6.54 Å². The molecule has 0 amide bonds. The summed E-state index contributed by atoms with van der Waals surface area (Å²) >= 11 is 0. The Morgan fingerprint density at radius 2 is 1.61 bits per heavy atom. The van der Waals surface area contributed by atoms with Crippen molar-refractivity contribution in [2.24, 2.45) is 16.8 Å². The molecule has 0 radical (unpaired) electrons. The number of benzene rings is 2. The number of rotatable bonds is 8. The van der Waals surface area contributed by atoms with Crippen LogP contribution in [0, 0.1) is 11.6 Å². The predicted molar refractivity (Wildman–Crippen MR) is 114 cm³/mol. The van der Waals surface area contributed by atoms with Crippen molar-refractivity contribution >= 4 is 6.34 Å². The van der Waals surface area contributed by atoms with Gasteiger partial charge in [-0.25, -0.2) is 14.6 Å². The van der Waals surface area contributed by atoms with E-state index in [0.29, 0.717) is 35.1 Å². The summed E-state index contributed by atoms with van der Waals surface area (Å²) in [6, 6.07) is 8.18.